The van der Waals surface area contributed by atoms with Crippen molar-refractivity contribution in [3.05, 3.63) is 77.6 Å². The molecule has 23 heavy (non-hydrogen) atoms. The standard InChI is InChI=1S/C19H17N3O/c23-19(21-17-8-5-14-3-1-4-16(14)13-17)15-6-9-18(10-7-15)22-12-2-11-20-22/h2,5-13H,1,3-4H2,(H,21,23). The van der Waals surface area contributed by atoms with Gasteiger partial charge >= 0.3 is 0 Å². The van der Waals surface area contributed by atoms with Crippen molar-refractivity contribution in [1.82, 2.24) is 9.78 Å². The van der Waals surface area contributed by atoms with Crippen LogP contribution < -0.4 is 5.32 Å². The monoisotopic (exact) mass is 303 g/mol. The number of hydrogen-bond acceptors (Lipinski definition) is 2. The molecule has 0 spiro atoms. The summed E-state index contributed by atoms with van der Waals surface area (Å²) in [6, 6.07) is 15.5. The van der Waals surface area contributed by atoms with E-state index >= 15 is 0 Å². The summed E-state index contributed by atoms with van der Waals surface area (Å²) in [5, 5.41) is 7.16. The van der Waals surface area contributed by atoms with Crippen LogP contribution in [0.4, 0.5) is 5.69 Å². The Balaban J connectivity index is 1.51. The van der Waals surface area contributed by atoms with Gasteiger partial charge in [-0.1, -0.05) is 6.07 Å². The highest BCUT2D eigenvalue weighted by Gasteiger charge is 2.12. The fraction of sp³-hybridized carbons (Fsp3) is 0.158. The molecule has 0 saturated heterocycles. The summed E-state index contributed by atoms with van der Waals surface area (Å²) in [5.41, 5.74) is 5.21. The quantitative estimate of drug-likeness (QED) is 0.803. The molecule has 1 amide bonds. The van der Waals surface area contributed by atoms with Crippen LogP contribution in [0.3, 0.4) is 0 Å². The van der Waals surface area contributed by atoms with Crippen molar-refractivity contribution >= 4 is 11.6 Å². The third-order valence-electron chi connectivity index (χ3n) is 4.25. The van der Waals surface area contributed by atoms with Gasteiger partial charge in [0, 0.05) is 23.6 Å². The van der Waals surface area contributed by atoms with Crippen LogP contribution >= 0.6 is 0 Å². The molecule has 4 heteroatoms. The number of fused-ring (bicyclic) bond motifs is 1. The van der Waals surface area contributed by atoms with Gasteiger partial charge in [-0.3, -0.25) is 4.79 Å². The van der Waals surface area contributed by atoms with Gasteiger partial charge in [-0.25, -0.2) is 4.68 Å². The second kappa shape index (κ2) is 5.72. The highest BCUT2D eigenvalue weighted by Crippen LogP contribution is 2.25. The van der Waals surface area contributed by atoms with E-state index in [9.17, 15) is 4.79 Å². The van der Waals surface area contributed by atoms with Crippen LogP contribution in [0.2, 0.25) is 0 Å². The summed E-state index contributed by atoms with van der Waals surface area (Å²) >= 11 is 0. The third-order valence-corrected chi connectivity index (χ3v) is 4.25. The van der Waals surface area contributed by atoms with Crippen molar-refractivity contribution in [3.8, 4) is 5.69 Å². The van der Waals surface area contributed by atoms with E-state index in [4.69, 9.17) is 0 Å². The fourth-order valence-electron chi connectivity index (χ4n) is 3.04. The Morgan fingerprint density at radius 3 is 2.65 bits per heavy atom. The Hall–Kier alpha value is -2.88. The van der Waals surface area contributed by atoms with E-state index in [0.717, 1.165) is 24.2 Å². The largest absolute Gasteiger partial charge is 0.322 e. The Kier molecular flexibility index (Phi) is 3.42. The highest BCUT2D eigenvalue weighted by molar-refractivity contribution is 6.04. The van der Waals surface area contributed by atoms with Crippen LogP contribution in [0.25, 0.3) is 5.69 Å². The molecule has 1 aliphatic rings. The minimum absolute atomic E-state index is 0.0880. The van der Waals surface area contributed by atoms with Gasteiger partial charge in [0.15, 0.2) is 0 Å². The zero-order chi connectivity index (χ0) is 15.6. The van der Waals surface area contributed by atoms with Gasteiger partial charge in [0.1, 0.15) is 0 Å². The highest BCUT2D eigenvalue weighted by atomic mass is 16.1. The summed E-state index contributed by atoms with van der Waals surface area (Å²) < 4.78 is 1.77. The zero-order valence-corrected chi connectivity index (χ0v) is 12.7. The van der Waals surface area contributed by atoms with Gasteiger partial charge in [-0.05, 0) is 72.9 Å². The summed E-state index contributed by atoms with van der Waals surface area (Å²) in [7, 11) is 0. The van der Waals surface area contributed by atoms with Crippen LogP contribution in [-0.2, 0) is 12.8 Å². The van der Waals surface area contributed by atoms with Gasteiger partial charge in [0.2, 0.25) is 0 Å². The number of anilines is 1. The van der Waals surface area contributed by atoms with Crippen LogP contribution in [-0.4, -0.2) is 15.7 Å². The Morgan fingerprint density at radius 1 is 1.04 bits per heavy atom. The normalized spacial score (nSPS) is 12.9. The van der Waals surface area contributed by atoms with E-state index in [2.05, 4.69) is 22.5 Å². The smallest absolute Gasteiger partial charge is 0.255 e. The van der Waals surface area contributed by atoms with E-state index < -0.39 is 0 Å². The van der Waals surface area contributed by atoms with E-state index in [1.54, 1.807) is 10.9 Å². The number of nitrogens with one attached hydrogen (secondary N) is 1. The molecular formula is C19H17N3O. The lowest BCUT2D eigenvalue weighted by Crippen LogP contribution is -2.12. The van der Waals surface area contributed by atoms with E-state index in [1.165, 1.54) is 17.5 Å². The maximum atomic E-state index is 12.4. The Bertz CT molecular complexity index is 836. The van der Waals surface area contributed by atoms with Crippen LogP contribution in [0.5, 0.6) is 0 Å². The lowest BCUT2D eigenvalue weighted by Gasteiger charge is -2.08. The molecule has 0 atom stereocenters. The molecule has 114 valence electrons. The molecule has 4 nitrogen and oxygen atoms in total. The number of hydrogen-bond donors (Lipinski definition) is 1. The van der Waals surface area contributed by atoms with E-state index in [-0.39, 0.29) is 5.91 Å². The summed E-state index contributed by atoms with van der Waals surface area (Å²) in [4.78, 5) is 12.4. The molecular weight excluding hydrogens is 286 g/mol. The Morgan fingerprint density at radius 2 is 1.87 bits per heavy atom. The molecule has 1 aliphatic carbocycles. The predicted molar refractivity (Wildman–Crippen MR) is 90.0 cm³/mol. The Labute approximate surface area is 134 Å². The molecule has 0 saturated carbocycles. The SMILES string of the molecule is O=C(Nc1ccc2c(c1)CCC2)c1ccc(-n2cccn2)cc1. The van der Waals surface area contributed by atoms with Crippen LogP contribution in [0.1, 0.15) is 27.9 Å². The first-order valence-electron chi connectivity index (χ1n) is 7.83. The third kappa shape index (κ3) is 2.75. The molecule has 0 unspecified atom stereocenters. The first-order valence-corrected chi connectivity index (χ1v) is 7.83. The number of nitrogens with zero attached hydrogens (tertiary/aromatic N) is 2. The van der Waals surface area contributed by atoms with Gasteiger partial charge in [-0.2, -0.15) is 5.10 Å². The van der Waals surface area contributed by atoms with Crippen molar-refractivity contribution in [2.24, 2.45) is 0 Å². The van der Waals surface area contributed by atoms with Crippen molar-refractivity contribution in [3.63, 3.8) is 0 Å². The number of amides is 1. The molecule has 3 aromatic rings. The average Bonchev–Trinajstić information content (AvgIpc) is 3.26. The van der Waals surface area contributed by atoms with Crippen LogP contribution in [0, 0.1) is 0 Å². The van der Waals surface area contributed by atoms with Crippen molar-refractivity contribution in [1.29, 1.82) is 0 Å². The minimum atomic E-state index is -0.0880. The maximum Gasteiger partial charge on any atom is 0.255 e. The molecule has 4 rings (SSSR count). The van der Waals surface area contributed by atoms with E-state index in [0.29, 0.717) is 5.56 Å². The molecule has 0 aliphatic heterocycles. The van der Waals surface area contributed by atoms with E-state index in [1.807, 2.05) is 42.6 Å². The molecule has 0 bridgehead atoms. The molecule has 1 heterocycles. The molecule has 2 aromatic carbocycles. The summed E-state index contributed by atoms with van der Waals surface area (Å²) in [6.45, 7) is 0. The van der Waals surface area contributed by atoms with Gasteiger partial charge < -0.3 is 5.32 Å². The number of carbonyl (C=O) groups excluding carboxylic acids is 1. The first kappa shape index (κ1) is 13.8. The van der Waals surface area contributed by atoms with Crippen molar-refractivity contribution < 1.29 is 4.79 Å². The second-order valence-corrected chi connectivity index (χ2v) is 5.79. The number of aryl methyl sites for hydroxylation is 2. The number of carbonyl (C=O) groups is 1. The van der Waals surface area contributed by atoms with Crippen molar-refractivity contribution in [2.45, 2.75) is 19.3 Å². The molecule has 1 N–H and O–H groups in total. The first-order chi connectivity index (χ1) is 11.3. The minimum Gasteiger partial charge on any atom is -0.322 e. The molecule has 0 radical (unpaired) electrons. The predicted octanol–water partition coefficient (Wildman–Crippen LogP) is 3.61. The average molecular weight is 303 g/mol. The van der Waals surface area contributed by atoms with Crippen molar-refractivity contribution in [2.75, 3.05) is 5.32 Å². The number of aromatic nitrogens is 2. The topological polar surface area (TPSA) is 46.9 Å². The van der Waals surface area contributed by atoms with Gasteiger partial charge in [0.25, 0.3) is 5.91 Å². The van der Waals surface area contributed by atoms with Crippen LogP contribution in [0.15, 0.2) is 60.9 Å². The molecule has 1 aromatic heterocycles. The maximum absolute atomic E-state index is 12.4. The lowest BCUT2D eigenvalue weighted by atomic mass is 10.1. The second-order valence-electron chi connectivity index (χ2n) is 5.79. The van der Waals surface area contributed by atoms with Gasteiger partial charge in [-0.15, -0.1) is 0 Å². The number of rotatable bonds is 3. The number of benzene rings is 2. The summed E-state index contributed by atoms with van der Waals surface area (Å²) in [6.07, 6.45) is 7.08. The zero-order valence-electron chi connectivity index (χ0n) is 12.7. The fourth-order valence-corrected chi connectivity index (χ4v) is 3.04. The lowest BCUT2D eigenvalue weighted by molar-refractivity contribution is 0.102. The summed E-state index contributed by atoms with van der Waals surface area (Å²) in [5.74, 6) is -0.0880. The molecule has 0 fully saturated rings. The van der Waals surface area contributed by atoms with Gasteiger partial charge in [0.05, 0.1) is 5.69 Å².